The topological polar surface area (TPSA) is 3.88 Å². The zero-order valence-electron chi connectivity index (χ0n) is 21.0. The van der Waals surface area contributed by atoms with Crippen molar-refractivity contribution in [3.63, 3.8) is 0 Å². The summed E-state index contributed by atoms with van der Waals surface area (Å²) in [4.78, 5) is 0. The van der Waals surface area contributed by atoms with E-state index in [9.17, 15) is 0 Å². The summed E-state index contributed by atoms with van der Waals surface area (Å²) >= 11 is 0. The van der Waals surface area contributed by atoms with Crippen LogP contribution in [0, 0.1) is 26.2 Å². The molecule has 0 atom stereocenters. The predicted molar refractivity (Wildman–Crippen MR) is 127 cm³/mol. The molecule has 0 aliphatic heterocycles. The lowest BCUT2D eigenvalue weighted by Gasteiger charge is -2.22. The number of nitrogens with zero attached hydrogens (tertiary/aromatic N) is 1. The summed E-state index contributed by atoms with van der Waals surface area (Å²) in [5.74, 6) is 0. The van der Waals surface area contributed by atoms with Crippen LogP contribution >= 0.6 is 0 Å². The number of fused-ring (bicyclic) bond motifs is 1. The van der Waals surface area contributed by atoms with Gasteiger partial charge < -0.3 is 0 Å². The van der Waals surface area contributed by atoms with E-state index < -0.39 is 0 Å². The Morgan fingerprint density at radius 1 is 0.931 bits per heavy atom. The first-order valence-electron chi connectivity index (χ1n) is 11.2. The van der Waals surface area contributed by atoms with Gasteiger partial charge in [0.1, 0.15) is 7.05 Å². The molecule has 1 heterocycles. The molecular formula is C28H38N+. The molecule has 0 saturated carbocycles. The van der Waals surface area contributed by atoms with Crippen molar-refractivity contribution in [3.05, 3.63) is 64.3 Å². The van der Waals surface area contributed by atoms with Gasteiger partial charge in [-0.3, -0.25) is 0 Å². The molecule has 0 unspecified atom stereocenters. The lowest BCUT2D eigenvalue weighted by Crippen LogP contribution is -2.35. The molecule has 0 aliphatic rings. The van der Waals surface area contributed by atoms with E-state index in [-0.39, 0.29) is 10.8 Å². The summed E-state index contributed by atoms with van der Waals surface area (Å²) in [5, 5.41) is 2.22. The molecule has 3 aromatic rings. The van der Waals surface area contributed by atoms with Crippen molar-refractivity contribution >= 4 is 10.8 Å². The van der Waals surface area contributed by atoms with E-state index in [2.05, 4.69) is 104 Å². The summed E-state index contributed by atoms with van der Waals surface area (Å²) < 4.78 is 11.0. The highest BCUT2D eigenvalue weighted by Gasteiger charge is 2.24. The number of hydrogen-bond donors (Lipinski definition) is 0. The first kappa shape index (κ1) is 20.1. The Hall–Kier alpha value is -2.15. The van der Waals surface area contributed by atoms with Crippen molar-refractivity contribution in [3.8, 4) is 11.3 Å². The number of pyridine rings is 1. The zero-order valence-corrected chi connectivity index (χ0v) is 20.0. The van der Waals surface area contributed by atoms with Gasteiger partial charge in [0.25, 0.3) is 0 Å². The second kappa shape index (κ2) is 7.27. The normalized spacial score (nSPS) is 13.1. The Balaban J connectivity index is 2.39. The Morgan fingerprint density at radius 2 is 1.59 bits per heavy atom. The molecule has 0 amide bonds. The standard InChI is InChI=1S/C28H38N/c1-18-13-23(28(7,8)9)16-25(20(18)3)26-24-12-11-21(17-27(4,5)6)15-22(24)14-19(2)29(26)10/h11-16H,17H2,1-10H3/q+1/i14D. The zero-order chi connectivity index (χ0) is 22.6. The average molecular weight is 390 g/mol. The molecule has 0 radical (unpaired) electrons. The second-order valence-corrected chi connectivity index (χ2v) is 11.0. The summed E-state index contributed by atoms with van der Waals surface area (Å²) in [6.07, 6.45) is 1.01. The molecule has 1 aromatic heterocycles. The lowest BCUT2D eigenvalue weighted by molar-refractivity contribution is -0.665. The number of rotatable bonds is 2. The molecule has 0 fully saturated rings. The average Bonchev–Trinajstić information content (AvgIpc) is 2.61. The second-order valence-electron chi connectivity index (χ2n) is 11.0. The molecule has 154 valence electrons. The van der Waals surface area contributed by atoms with Crippen molar-refractivity contribution in [1.29, 1.82) is 0 Å². The van der Waals surface area contributed by atoms with Crippen LogP contribution in [0.25, 0.3) is 22.0 Å². The van der Waals surface area contributed by atoms with Gasteiger partial charge in [-0.1, -0.05) is 59.7 Å². The molecule has 29 heavy (non-hydrogen) atoms. The van der Waals surface area contributed by atoms with Gasteiger partial charge in [0.05, 0.1) is 12.3 Å². The van der Waals surface area contributed by atoms with Gasteiger partial charge in [-0.2, -0.15) is 4.57 Å². The van der Waals surface area contributed by atoms with Gasteiger partial charge in [-0.15, -0.1) is 0 Å². The van der Waals surface area contributed by atoms with Crippen LogP contribution in [0.4, 0.5) is 0 Å². The van der Waals surface area contributed by atoms with Crippen LogP contribution in [0.15, 0.2) is 36.4 Å². The minimum atomic E-state index is 0.0892. The smallest absolute Gasteiger partial charge is 0.198 e. The van der Waals surface area contributed by atoms with E-state index in [0.29, 0.717) is 6.04 Å². The molecule has 3 rings (SSSR count). The van der Waals surface area contributed by atoms with E-state index in [1.54, 1.807) is 0 Å². The fourth-order valence-corrected chi connectivity index (χ4v) is 4.11. The Bertz CT molecular complexity index is 1120. The molecule has 0 aliphatic carbocycles. The highest BCUT2D eigenvalue weighted by atomic mass is 14.9. The summed E-state index contributed by atoms with van der Waals surface area (Å²) in [7, 11) is 2.10. The third-order valence-electron chi connectivity index (χ3n) is 6.02. The SMILES string of the molecule is [2H]c1c(C)[n+](C)c(-c2cc(C(C)(C)C)cc(C)c2C)c2ccc(CC(C)(C)C)cc12. The monoisotopic (exact) mass is 389 g/mol. The van der Waals surface area contributed by atoms with Crippen LogP contribution in [0.5, 0.6) is 0 Å². The number of hydrogen-bond acceptors (Lipinski definition) is 0. The molecular weight excluding hydrogens is 350 g/mol. The largest absolute Gasteiger partial charge is 0.220 e. The third kappa shape index (κ3) is 4.39. The van der Waals surface area contributed by atoms with Crippen LogP contribution < -0.4 is 4.57 Å². The van der Waals surface area contributed by atoms with Crippen LogP contribution in [0.3, 0.4) is 0 Å². The Morgan fingerprint density at radius 3 is 2.17 bits per heavy atom. The number of aryl methyl sites for hydroxylation is 1. The highest BCUT2D eigenvalue weighted by Crippen LogP contribution is 2.35. The maximum absolute atomic E-state index is 8.83. The maximum atomic E-state index is 8.83. The van der Waals surface area contributed by atoms with Crippen LogP contribution in [0.1, 0.15) is 70.9 Å². The minimum Gasteiger partial charge on any atom is -0.198 e. The number of aromatic nitrogens is 1. The molecule has 2 aromatic carbocycles. The first-order valence-corrected chi connectivity index (χ1v) is 10.7. The van der Waals surface area contributed by atoms with E-state index in [1.807, 2.05) is 0 Å². The predicted octanol–water partition coefficient (Wildman–Crippen LogP) is 7.14. The fourth-order valence-electron chi connectivity index (χ4n) is 4.11. The van der Waals surface area contributed by atoms with Gasteiger partial charge >= 0.3 is 0 Å². The van der Waals surface area contributed by atoms with Gasteiger partial charge in [-0.25, -0.2) is 0 Å². The van der Waals surface area contributed by atoms with Crippen molar-refractivity contribution in [1.82, 2.24) is 0 Å². The van der Waals surface area contributed by atoms with Crippen molar-refractivity contribution in [2.75, 3.05) is 0 Å². The van der Waals surface area contributed by atoms with Gasteiger partial charge in [0, 0.05) is 13.0 Å². The maximum Gasteiger partial charge on any atom is 0.220 e. The lowest BCUT2D eigenvalue weighted by atomic mass is 9.82. The highest BCUT2D eigenvalue weighted by molar-refractivity contribution is 5.94. The molecule has 0 saturated heterocycles. The molecule has 0 N–H and O–H groups in total. The van der Waals surface area contributed by atoms with Crippen LogP contribution in [0.2, 0.25) is 0 Å². The quantitative estimate of drug-likeness (QED) is 0.410. The fraction of sp³-hybridized carbons (Fsp3) is 0.464. The van der Waals surface area contributed by atoms with E-state index in [1.165, 1.54) is 38.9 Å². The minimum absolute atomic E-state index is 0.0892. The Kier molecular flexibility index (Phi) is 5.05. The summed E-state index contributed by atoms with van der Waals surface area (Å²) in [6.45, 7) is 20.1. The van der Waals surface area contributed by atoms with Crippen molar-refractivity contribution < 1.29 is 5.94 Å². The van der Waals surface area contributed by atoms with E-state index in [4.69, 9.17) is 1.37 Å². The first-order chi connectivity index (χ1) is 13.7. The van der Waals surface area contributed by atoms with Gasteiger partial charge in [0.2, 0.25) is 5.69 Å². The molecule has 1 heteroatoms. The summed E-state index contributed by atoms with van der Waals surface area (Å²) in [5.41, 5.74) is 9.10. The van der Waals surface area contributed by atoms with Crippen LogP contribution in [-0.4, -0.2) is 0 Å². The summed E-state index contributed by atoms with van der Waals surface area (Å²) in [6, 6.07) is 12.1. The molecule has 0 spiro atoms. The molecule has 1 nitrogen and oxygen atoms in total. The van der Waals surface area contributed by atoms with Crippen LogP contribution in [-0.2, 0) is 18.9 Å². The van der Waals surface area contributed by atoms with Gasteiger partial charge in [-0.05, 0) is 70.9 Å². The Labute approximate surface area is 179 Å². The van der Waals surface area contributed by atoms with Gasteiger partial charge in [0.15, 0.2) is 5.69 Å². The molecule has 0 bridgehead atoms. The number of benzene rings is 2. The van der Waals surface area contributed by atoms with Crippen molar-refractivity contribution in [2.24, 2.45) is 12.5 Å². The van der Waals surface area contributed by atoms with E-state index >= 15 is 0 Å². The third-order valence-corrected chi connectivity index (χ3v) is 6.02. The van der Waals surface area contributed by atoms with E-state index in [0.717, 1.165) is 17.5 Å². The van der Waals surface area contributed by atoms with Crippen molar-refractivity contribution in [2.45, 2.75) is 74.1 Å².